The standard InChI is InChI=1S/C34H27N5O11S3/c1-19-12-29(38-39-33-32(53(47,48)49)15-21-13-23(10-11-26(21)34(33)40)35-22-6-4-3-5-7-22)30(50-2)18-28(19)37-36-24-9-8-20-14-25(51(41,42)43)17-31(27(20)16-24)52(44,45)46/h3-18,35,40H,1-2H3,(H,41,42,43)(H,44,45,46)(H,47,48,49). The van der Waals surface area contributed by atoms with Crippen molar-refractivity contribution >= 4 is 86.0 Å². The summed E-state index contributed by atoms with van der Waals surface area (Å²) in [5.74, 6) is -0.448. The number of rotatable bonds is 10. The first-order valence-corrected chi connectivity index (χ1v) is 19.4. The van der Waals surface area contributed by atoms with Crippen LogP contribution in [0.15, 0.2) is 132 Å². The van der Waals surface area contributed by atoms with Crippen LogP contribution in [-0.4, -0.2) is 51.1 Å². The number of nitrogens with one attached hydrogen (secondary N) is 1. The predicted molar refractivity (Wildman–Crippen MR) is 195 cm³/mol. The monoisotopic (exact) mass is 777 g/mol. The Morgan fingerprint density at radius 1 is 0.604 bits per heavy atom. The molecule has 0 saturated heterocycles. The number of aryl methyl sites for hydroxylation is 1. The zero-order valence-corrected chi connectivity index (χ0v) is 29.8. The fourth-order valence-electron chi connectivity index (χ4n) is 5.35. The van der Waals surface area contributed by atoms with E-state index >= 15 is 0 Å². The van der Waals surface area contributed by atoms with E-state index in [-0.39, 0.29) is 39.0 Å². The third kappa shape index (κ3) is 7.99. The quantitative estimate of drug-likeness (QED) is 0.0650. The lowest BCUT2D eigenvalue weighted by atomic mass is 10.1. The average molecular weight is 778 g/mol. The fourth-order valence-corrected chi connectivity index (χ4v) is 7.35. The molecule has 272 valence electrons. The first-order chi connectivity index (χ1) is 24.9. The van der Waals surface area contributed by atoms with Crippen molar-refractivity contribution in [3.05, 3.63) is 103 Å². The third-order valence-electron chi connectivity index (χ3n) is 7.87. The van der Waals surface area contributed by atoms with Crippen molar-refractivity contribution in [2.75, 3.05) is 12.4 Å². The van der Waals surface area contributed by atoms with E-state index in [0.29, 0.717) is 22.7 Å². The summed E-state index contributed by atoms with van der Waals surface area (Å²) in [7, 11) is -13.3. The molecule has 0 bridgehead atoms. The van der Waals surface area contributed by atoms with E-state index in [2.05, 4.69) is 25.8 Å². The molecule has 0 amide bonds. The molecule has 6 aromatic rings. The number of azo groups is 2. The highest BCUT2D eigenvalue weighted by Gasteiger charge is 2.23. The summed E-state index contributed by atoms with van der Waals surface area (Å²) in [5.41, 5.74) is 1.77. The molecule has 0 fully saturated rings. The maximum Gasteiger partial charge on any atom is 0.296 e. The molecule has 0 heterocycles. The van der Waals surface area contributed by atoms with Gasteiger partial charge in [0.05, 0.1) is 23.4 Å². The van der Waals surface area contributed by atoms with Gasteiger partial charge in [0.1, 0.15) is 26.9 Å². The second-order valence-electron chi connectivity index (χ2n) is 11.5. The lowest BCUT2D eigenvalue weighted by Gasteiger charge is -2.12. The molecule has 6 aromatic carbocycles. The van der Waals surface area contributed by atoms with Gasteiger partial charge < -0.3 is 15.2 Å². The maximum atomic E-state index is 12.4. The van der Waals surface area contributed by atoms with Gasteiger partial charge in [-0.1, -0.05) is 24.3 Å². The van der Waals surface area contributed by atoms with Crippen molar-refractivity contribution in [3.63, 3.8) is 0 Å². The van der Waals surface area contributed by atoms with Crippen LogP contribution in [0, 0.1) is 6.92 Å². The minimum Gasteiger partial charge on any atom is -0.505 e. The molecule has 0 atom stereocenters. The van der Waals surface area contributed by atoms with E-state index in [1.807, 2.05) is 30.3 Å². The molecule has 5 N–H and O–H groups in total. The molecule has 0 saturated carbocycles. The van der Waals surface area contributed by atoms with Gasteiger partial charge in [-0.25, -0.2) is 0 Å². The lowest BCUT2D eigenvalue weighted by molar-refractivity contribution is 0.416. The molecule has 0 aromatic heterocycles. The average Bonchev–Trinajstić information content (AvgIpc) is 3.09. The van der Waals surface area contributed by atoms with Gasteiger partial charge in [-0.15, -0.1) is 10.2 Å². The molecular weight excluding hydrogens is 751 g/mol. The minimum atomic E-state index is -4.93. The number of methoxy groups -OCH3 is 1. The Morgan fingerprint density at radius 3 is 1.96 bits per heavy atom. The molecule has 0 aliphatic rings. The Bertz CT molecular complexity index is 2850. The van der Waals surface area contributed by atoms with Crippen LogP contribution >= 0.6 is 0 Å². The Kier molecular flexibility index (Phi) is 9.73. The van der Waals surface area contributed by atoms with Crippen molar-refractivity contribution in [3.8, 4) is 11.5 Å². The molecule has 0 spiro atoms. The van der Waals surface area contributed by atoms with Gasteiger partial charge in [0.2, 0.25) is 0 Å². The predicted octanol–water partition coefficient (Wildman–Crippen LogP) is 8.33. The van der Waals surface area contributed by atoms with E-state index in [9.17, 15) is 44.0 Å². The molecule has 53 heavy (non-hydrogen) atoms. The number of aromatic hydroxyl groups is 1. The van der Waals surface area contributed by atoms with Crippen molar-refractivity contribution in [2.24, 2.45) is 20.5 Å². The van der Waals surface area contributed by atoms with Gasteiger partial charge in [-0.2, -0.15) is 35.5 Å². The summed E-state index contributed by atoms with van der Waals surface area (Å²) in [6.45, 7) is 1.64. The molecular formula is C34H27N5O11S3. The zero-order valence-electron chi connectivity index (χ0n) is 27.4. The van der Waals surface area contributed by atoms with E-state index in [0.717, 1.165) is 11.8 Å². The summed E-state index contributed by atoms with van der Waals surface area (Å²) in [5, 5.41) is 31.3. The number of hydrogen-bond acceptors (Lipinski definition) is 13. The smallest absolute Gasteiger partial charge is 0.296 e. The number of fused-ring (bicyclic) bond motifs is 2. The van der Waals surface area contributed by atoms with Crippen LogP contribution in [0.4, 0.5) is 34.1 Å². The van der Waals surface area contributed by atoms with Crippen molar-refractivity contribution in [1.29, 1.82) is 0 Å². The topological polar surface area (TPSA) is 254 Å². The fraction of sp³-hybridized carbons (Fsp3) is 0.0588. The third-order valence-corrected chi connectivity index (χ3v) is 10.5. The number of phenols is 1. The van der Waals surface area contributed by atoms with Crippen molar-refractivity contribution in [2.45, 2.75) is 21.6 Å². The molecule has 19 heteroatoms. The van der Waals surface area contributed by atoms with Crippen LogP contribution in [-0.2, 0) is 30.4 Å². The largest absolute Gasteiger partial charge is 0.505 e. The maximum absolute atomic E-state index is 12.4. The number of nitrogens with zero attached hydrogens (tertiary/aromatic N) is 4. The Labute approximate surface area is 302 Å². The zero-order chi connectivity index (χ0) is 38.3. The number of anilines is 2. The lowest BCUT2D eigenvalue weighted by Crippen LogP contribution is -2.04. The Hall–Kier alpha value is -5.83. The van der Waals surface area contributed by atoms with Gasteiger partial charge in [0.15, 0.2) is 5.75 Å². The van der Waals surface area contributed by atoms with Gasteiger partial charge >= 0.3 is 0 Å². The SMILES string of the molecule is COc1cc(N=Nc2ccc3cc(S(=O)(=O)O)cc(S(=O)(=O)O)c3c2)c(C)cc1N=Nc1c(S(=O)(=O)O)cc2cc(Nc3ccccc3)ccc2c1O. The molecule has 0 radical (unpaired) electrons. The number of phenolic OH excluding ortho intramolecular Hbond substituents is 1. The van der Waals surface area contributed by atoms with Crippen LogP contribution in [0.1, 0.15) is 5.56 Å². The summed E-state index contributed by atoms with van der Waals surface area (Å²) >= 11 is 0. The second-order valence-corrected chi connectivity index (χ2v) is 15.7. The first-order valence-electron chi connectivity index (χ1n) is 15.1. The molecule has 6 rings (SSSR count). The summed E-state index contributed by atoms with van der Waals surface area (Å²) in [4.78, 5) is -2.19. The number of para-hydroxylation sites is 1. The van der Waals surface area contributed by atoms with Crippen LogP contribution in [0.25, 0.3) is 21.5 Å². The highest BCUT2D eigenvalue weighted by molar-refractivity contribution is 7.87. The minimum absolute atomic E-state index is 0.0682. The van der Waals surface area contributed by atoms with Gasteiger partial charge in [0, 0.05) is 28.2 Å². The van der Waals surface area contributed by atoms with E-state index < -0.39 is 56.5 Å². The highest BCUT2D eigenvalue weighted by atomic mass is 32.2. The summed E-state index contributed by atoms with van der Waals surface area (Å²) in [6.07, 6.45) is 0. The van der Waals surface area contributed by atoms with Gasteiger partial charge in [-0.3, -0.25) is 13.7 Å². The van der Waals surface area contributed by atoms with Gasteiger partial charge in [-0.05, 0) is 90.0 Å². The van der Waals surface area contributed by atoms with Crippen LogP contribution in [0.2, 0.25) is 0 Å². The van der Waals surface area contributed by atoms with Crippen LogP contribution in [0.3, 0.4) is 0 Å². The highest BCUT2D eigenvalue weighted by Crippen LogP contribution is 2.44. The van der Waals surface area contributed by atoms with Crippen LogP contribution in [0.5, 0.6) is 11.5 Å². The summed E-state index contributed by atoms with van der Waals surface area (Å²) < 4.78 is 107. The molecule has 0 aliphatic carbocycles. The molecule has 0 aliphatic heterocycles. The Morgan fingerprint density at radius 2 is 1.30 bits per heavy atom. The Balaban J connectivity index is 1.35. The van der Waals surface area contributed by atoms with Crippen molar-refractivity contribution < 1.29 is 48.8 Å². The number of hydrogen-bond donors (Lipinski definition) is 5. The van der Waals surface area contributed by atoms with E-state index in [1.165, 1.54) is 43.5 Å². The summed E-state index contributed by atoms with van der Waals surface area (Å²) in [6, 6.07) is 23.7. The number of benzene rings is 6. The second kappa shape index (κ2) is 14.0. The number of ether oxygens (including phenoxy) is 1. The normalized spacial score (nSPS) is 12.6. The van der Waals surface area contributed by atoms with Crippen LogP contribution < -0.4 is 10.1 Å². The molecule has 0 unspecified atom stereocenters. The first kappa shape index (κ1) is 36.9. The van der Waals surface area contributed by atoms with Crippen molar-refractivity contribution in [1.82, 2.24) is 0 Å². The van der Waals surface area contributed by atoms with E-state index in [4.69, 9.17) is 4.74 Å². The molecule has 16 nitrogen and oxygen atoms in total. The van der Waals surface area contributed by atoms with Gasteiger partial charge in [0.25, 0.3) is 30.4 Å². The van der Waals surface area contributed by atoms with E-state index in [1.54, 1.807) is 25.1 Å².